The van der Waals surface area contributed by atoms with E-state index in [2.05, 4.69) is 0 Å². The number of rotatable bonds is 5. The molecule has 22 heavy (non-hydrogen) atoms. The first-order chi connectivity index (χ1) is 10.5. The number of halogens is 2. The molecule has 0 atom stereocenters. The highest BCUT2D eigenvalue weighted by atomic mass is 19.1. The number of nitrogens with zero attached hydrogens (tertiary/aromatic N) is 1. The van der Waals surface area contributed by atoms with Gasteiger partial charge in [0.25, 0.3) is 5.91 Å². The lowest BCUT2D eigenvalue weighted by Gasteiger charge is -2.18. The minimum atomic E-state index is -0.732. The Morgan fingerprint density at radius 1 is 1.14 bits per heavy atom. The van der Waals surface area contributed by atoms with Gasteiger partial charge in [0.1, 0.15) is 17.4 Å². The van der Waals surface area contributed by atoms with E-state index < -0.39 is 17.5 Å². The van der Waals surface area contributed by atoms with E-state index in [4.69, 9.17) is 4.74 Å². The zero-order valence-electron chi connectivity index (χ0n) is 12.5. The van der Waals surface area contributed by atoms with Crippen LogP contribution in [0.25, 0.3) is 0 Å². The van der Waals surface area contributed by atoms with Gasteiger partial charge in [-0.25, -0.2) is 8.78 Å². The van der Waals surface area contributed by atoms with Crippen molar-refractivity contribution in [3.63, 3.8) is 0 Å². The summed E-state index contributed by atoms with van der Waals surface area (Å²) >= 11 is 0. The zero-order valence-corrected chi connectivity index (χ0v) is 12.5. The highest BCUT2D eigenvalue weighted by Gasteiger charge is 2.17. The summed E-state index contributed by atoms with van der Waals surface area (Å²) in [5.41, 5.74) is 0.601. The van der Waals surface area contributed by atoms with Crippen LogP contribution in [0.2, 0.25) is 0 Å². The minimum absolute atomic E-state index is 0.270. The molecule has 1 amide bonds. The number of ether oxygens (including phenoxy) is 1. The molecule has 0 aliphatic rings. The monoisotopic (exact) mass is 305 g/mol. The molecule has 0 fully saturated rings. The quantitative estimate of drug-likeness (QED) is 0.844. The summed E-state index contributed by atoms with van der Waals surface area (Å²) in [6, 6.07) is 10.1. The average molecular weight is 305 g/mol. The first-order valence-corrected chi connectivity index (χ1v) is 6.93. The fourth-order valence-electron chi connectivity index (χ4n) is 2.07. The highest BCUT2D eigenvalue weighted by Crippen LogP contribution is 2.16. The van der Waals surface area contributed by atoms with Gasteiger partial charge in [0.2, 0.25) is 0 Å². The Labute approximate surface area is 128 Å². The lowest BCUT2D eigenvalue weighted by atomic mass is 10.1. The van der Waals surface area contributed by atoms with Crippen molar-refractivity contribution in [3.05, 3.63) is 65.2 Å². The number of benzene rings is 2. The first-order valence-electron chi connectivity index (χ1n) is 6.93. The molecule has 2 rings (SSSR count). The van der Waals surface area contributed by atoms with Gasteiger partial charge in [-0.2, -0.15) is 0 Å². The molecular weight excluding hydrogens is 288 g/mol. The van der Waals surface area contributed by atoms with Gasteiger partial charge in [0.05, 0.1) is 12.2 Å². The minimum Gasteiger partial charge on any atom is -0.494 e. The Morgan fingerprint density at radius 3 is 2.45 bits per heavy atom. The molecule has 0 aliphatic carbocycles. The van der Waals surface area contributed by atoms with Gasteiger partial charge in [0.15, 0.2) is 0 Å². The van der Waals surface area contributed by atoms with Crippen LogP contribution < -0.4 is 4.74 Å². The molecule has 0 spiro atoms. The molecular formula is C17H17F2NO2. The fraction of sp³-hybridized carbons (Fsp3) is 0.235. The van der Waals surface area contributed by atoms with E-state index in [-0.39, 0.29) is 5.56 Å². The third kappa shape index (κ3) is 3.81. The number of hydrogen-bond donors (Lipinski definition) is 0. The van der Waals surface area contributed by atoms with Crippen LogP contribution in [0.1, 0.15) is 22.8 Å². The van der Waals surface area contributed by atoms with Crippen molar-refractivity contribution in [2.75, 3.05) is 13.7 Å². The molecule has 2 aromatic carbocycles. The van der Waals surface area contributed by atoms with E-state index in [9.17, 15) is 13.6 Å². The van der Waals surface area contributed by atoms with Crippen molar-refractivity contribution < 1.29 is 18.3 Å². The number of amides is 1. The van der Waals surface area contributed by atoms with Gasteiger partial charge < -0.3 is 9.64 Å². The lowest BCUT2D eigenvalue weighted by molar-refractivity contribution is 0.0780. The van der Waals surface area contributed by atoms with Gasteiger partial charge in [-0.15, -0.1) is 0 Å². The van der Waals surface area contributed by atoms with E-state index in [1.807, 2.05) is 19.1 Å². The topological polar surface area (TPSA) is 29.5 Å². The molecule has 3 nitrogen and oxygen atoms in total. The first kappa shape index (κ1) is 15.9. The van der Waals surface area contributed by atoms with Crippen LogP contribution in [-0.2, 0) is 6.54 Å². The second-order valence-electron chi connectivity index (χ2n) is 4.86. The summed E-state index contributed by atoms with van der Waals surface area (Å²) in [7, 11) is 1.54. The molecule has 0 aliphatic heterocycles. The summed E-state index contributed by atoms with van der Waals surface area (Å²) in [4.78, 5) is 13.5. The van der Waals surface area contributed by atoms with Gasteiger partial charge in [-0.05, 0) is 42.8 Å². The molecule has 5 heteroatoms. The molecule has 116 valence electrons. The SMILES string of the molecule is CCOc1ccc(CN(C)C(=O)c2cc(F)ccc2F)cc1. The standard InChI is InChI=1S/C17H17F2NO2/c1-3-22-14-7-4-12(5-8-14)11-20(2)17(21)15-10-13(18)6-9-16(15)19/h4-10H,3,11H2,1-2H3. The Bertz CT molecular complexity index is 656. The van der Waals surface area contributed by atoms with Gasteiger partial charge in [0, 0.05) is 13.6 Å². The van der Waals surface area contributed by atoms with E-state index in [1.54, 1.807) is 19.2 Å². The van der Waals surface area contributed by atoms with Crippen molar-refractivity contribution in [1.82, 2.24) is 4.90 Å². The smallest absolute Gasteiger partial charge is 0.256 e. The molecule has 0 heterocycles. The average Bonchev–Trinajstić information content (AvgIpc) is 2.51. The lowest BCUT2D eigenvalue weighted by Crippen LogP contribution is -2.27. The maximum Gasteiger partial charge on any atom is 0.256 e. The Kier molecular flexibility index (Phi) is 5.09. The van der Waals surface area contributed by atoms with Crippen LogP contribution in [0.3, 0.4) is 0 Å². The van der Waals surface area contributed by atoms with Crippen LogP contribution in [-0.4, -0.2) is 24.5 Å². The predicted molar refractivity (Wildman–Crippen MR) is 79.8 cm³/mol. The van der Waals surface area contributed by atoms with Crippen LogP contribution in [0.5, 0.6) is 5.75 Å². The maximum absolute atomic E-state index is 13.6. The molecule has 0 aromatic heterocycles. The third-order valence-electron chi connectivity index (χ3n) is 3.16. The highest BCUT2D eigenvalue weighted by molar-refractivity contribution is 5.94. The molecule has 2 aromatic rings. The molecule has 0 saturated carbocycles. The van der Waals surface area contributed by atoms with E-state index in [0.717, 1.165) is 29.5 Å². The van der Waals surface area contributed by atoms with Crippen molar-refractivity contribution in [1.29, 1.82) is 0 Å². The molecule has 0 saturated heterocycles. The zero-order chi connectivity index (χ0) is 16.1. The summed E-state index contributed by atoms with van der Waals surface area (Å²) in [6.07, 6.45) is 0. The van der Waals surface area contributed by atoms with Crippen molar-refractivity contribution >= 4 is 5.91 Å². The van der Waals surface area contributed by atoms with Crippen molar-refractivity contribution in [2.45, 2.75) is 13.5 Å². The van der Waals surface area contributed by atoms with Crippen molar-refractivity contribution in [2.24, 2.45) is 0 Å². The number of hydrogen-bond acceptors (Lipinski definition) is 2. The predicted octanol–water partition coefficient (Wildman–Crippen LogP) is 3.64. The molecule has 0 unspecified atom stereocenters. The number of carbonyl (C=O) groups is 1. The summed E-state index contributed by atoms with van der Waals surface area (Å²) in [6.45, 7) is 2.77. The van der Waals surface area contributed by atoms with Gasteiger partial charge >= 0.3 is 0 Å². The second kappa shape index (κ2) is 7.02. The van der Waals surface area contributed by atoms with Gasteiger partial charge in [-0.3, -0.25) is 4.79 Å². The van der Waals surface area contributed by atoms with E-state index >= 15 is 0 Å². The van der Waals surface area contributed by atoms with Crippen LogP contribution in [0, 0.1) is 11.6 Å². The summed E-state index contributed by atoms with van der Waals surface area (Å²) < 4.78 is 32.1. The van der Waals surface area contributed by atoms with Gasteiger partial charge in [-0.1, -0.05) is 12.1 Å². The Hall–Kier alpha value is -2.43. The normalized spacial score (nSPS) is 10.4. The number of carbonyl (C=O) groups excluding carboxylic acids is 1. The largest absolute Gasteiger partial charge is 0.494 e. The molecule has 0 radical (unpaired) electrons. The summed E-state index contributed by atoms with van der Waals surface area (Å²) in [5.74, 6) is -1.19. The second-order valence-corrected chi connectivity index (χ2v) is 4.86. The molecule has 0 N–H and O–H groups in total. The van der Waals surface area contributed by atoms with Crippen molar-refractivity contribution in [3.8, 4) is 5.75 Å². The van der Waals surface area contributed by atoms with Crippen LogP contribution in [0.15, 0.2) is 42.5 Å². The fourth-order valence-corrected chi connectivity index (χ4v) is 2.07. The van der Waals surface area contributed by atoms with E-state index in [1.165, 1.54) is 4.90 Å². The third-order valence-corrected chi connectivity index (χ3v) is 3.16. The maximum atomic E-state index is 13.6. The van der Waals surface area contributed by atoms with Crippen LogP contribution in [0.4, 0.5) is 8.78 Å². The Morgan fingerprint density at radius 2 is 1.82 bits per heavy atom. The van der Waals surface area contributed by atoms with E-state index in [0.29, 0.717) is 13.2 Å². The van der Waals surface area contributed by atoms with Crippen LogP contribution >= 0.6 is 0 Å². The Balaban J connectivity index is 2.09. The summed E-state index contributed by atoms with van der Waals surface area (Å²) in [5, 5.41) is 0. The molecule has 0 bridgehead atoms.